The van der Waals surface area contributed by atoms with Gasteiger partial charge in [0, 0.05) is 44.3 Å². The number of halogens is 1. The molecule has 0 spiro atoms. The smallest absolute Gasteiger partial charge is 0.123 e. The van der Waals surface area contributed by atoms with Crippen molar-refractivity contribution in [3.63, 3.8) is 0 Å². The highest BCUT2D eigenvalue weighted by Crippen LogP contribution is 2.38. The number of hydrogen-bond acceptors (Lipinski definition) is 4. The molecule has 4 nitrogen and oxygen atoms in total. The average Bonchev–Trinajstić information content (AvgIpc) is 2.89. The summed E-state index contributed by atoms with van der Waals surface area (Å²) in [6.07, 6.45) is 2.13. The summed E-state index contributed by atoms with van der Waals surface area (Å²) in [6.45, 7) is 9.06. The van der Waals surface area contributed by atoms with Crippen LogP contribution in [0.2, 0.25) is 0 Å². The molecule has 186 valence electrons. The summed E-state index contributed by atoms with van der Waals surface area (Å²) in [4.78, 5) is 4.72. The number of unbranched alkanes of at least 4 members (excludes halogenated alkanes) is 1. The van der Waals surface area contributed by atoms with Gasteiger partial charge in [-0.15, -0.1) is 0 Å². The summed E-state index contributed by atoms with van der Waals surface area (Å²) in [5, 5.41) is 11.9. The lowest BCUT2D eigenvalue weighted by Gasteiger charge is -2.41. The van der Waals surface area contributed by atoms with Crippen LogP contribution in [0.15, 0.2) is 78.9 Å². The maximum atomic E-state index is 13.3. The van der Waals surface area contributed by atoms with Gasteiger partial charge in [0.2, 0.25) is 0 Å². The number of anilines is 1. The first-order chi connectivity index (χ1) is 17.0. The molecule has 0 bridgehead atoms. The monoisotopic (exact) mass is 476 g/mol. The molecule has 1 aliphatic rings. The molecule has 1 heterocycles. The zero-order valence-electron chi connectivity index (χ0n) is 20.9. The highest BCUT2D eigenvalue weighted by molar-refractivity contribution is 5.46. The van der Waals surface area contributed by atoms with E-state index in [4.69, 9.17) is 4.74 Å². The fourth-order valence-corrected chi connectivity index (χ4v) is 4.82. The molecule has 0 aliphatic carbocycles. The standard InChI is InChI=1S/C30H37FN2O2/c1-3-4-22-35-28-16-10-25(11-17-28)30(2,34)29(24-8-6-5-7-9-24)23-32-18-20-33(21-19-32)27-14-12-26(31)13-15-27/h5-17,29,34H,3-4,18-23H2,1-2H3. The normalized spacial score (nSPS) is 17.1. The van der Waals surface area contributed by atoms with E-state index in [9.17, 15) is 9.50 Å². The molecular formula is C30H37FN2O2. The SMILES string of the molecule is CCCCOc1ccc(C(C)(O)C(CN2CCN(c3ccc(F)cc3)CC2)c2ccccc2)cc1. The van der Waals surface area contributed by atoms with E-state index in [1.165, 1.54) is 12.1 Å². The molecule has 1 saturated heterocycles. The van der Waals surface area contributed by atoms with Crippen LogP contribution in [0.5, 0.6) is 5.75 Å². The quantitative estimate of drug-likeness (QED) is 0.374. The van der Waals surface area contributed by atoms with Gasteiger partial charge in [-0.3, -0.25) is 4.90 Å². The van der Waals surface area contributed by atoms with Crippen molar-refractivity contribution in [1.29, 1.82) is 0 Å². The third kappa shape index (κ3) is 6.41. The van der Waals surface area contributed by atoms with Crippen molar-refractivity contribution in [2.45, 2.75) is 38.2 Å². The molecule has 2 atom stereocenters. The Kier molecular flexibility index (Phi) is 8.42. The number of rotatable bonds is 10. The van der Waals surface area contributed by atoms with Crippen LogP contribution in [0.25, 0.3) is 0 Å². The van der Waals surface area contributed by atoms with Crippen molar-refractivity contribution in [3.05, 3.63) is 95.8 Å². The lowest BCUT2D eigenvalue weighted by Crippen LogP contribution is -2.49. The molecule has 3 aromatic carbocycles. The molecule has 0 saturated carbocycles. The summed E-state index contributed by atoms with van der Waals surface area (Å²) in [6, 6.07) is 24.9. The van der Waals surface area contributed by atoms with Crippen LogP contribution in [0.3, 0.4) is 0 Å². The van der Waals surface area contributed by atoms with Crippen molar-refractivity contribution < 1.29 is 14.2 Å². The van der Waals surface area contributed by atoms with E-state index in [2.05, 4.69) is 28.9 Å². The zero-order chi connectivity index (χ0) is 24.7. The maximum Gasteiger partial charge on any atom is 0.123 e. The van der Waals surface area contributed by atoms with Gasteiger partial charge >= 0.3 is 0 Å². The number of hydrogen-bond donors (Lipinski definition) is 1. The van der Waals surface area contributed by atoms with Crippen LogP contribution >= 0.6 is 0 Å². The second-order valence-corrected chi connectivity index (χ2v) is 9.60. The van der Waals surface area contributed by atoms with Gasteiger partial charge in [0.15, 0.2) is 0 Å². The number of benzene rings is 3. The second kappa shape index (κ2) is 11.7. The van der Waals surface area contributed by atoms with Gasteiger partial charge in [0.05, 0.1) is 12.2 Å². The Morgan fingerprint density at radius 1 is 0.914 bits per heavy atom. The summed E-state index contributed by atoms with van der Waals surface area (Å²) >= 11 is 0. The van der Waals surface area contributed by atoms with E-state index in [0.717, 1.165) is 68.1 Å². The van der Waals surface area contributed by atoms with E-state index in [1.54, 1.807) is 0 Å². The first-order valence-corrected chi connectivity index (χ1v) is 12.7. The lowest BCUT2D eigenvalue weighted by atomic mass is 9.78. The van der Waals surface area contributed by atoms with Crippen LogP contribution in [0, 0.1) is 5.82 Å². The highest BCUT2D eigenvalue weighted by atomic mass is 19.1. The minimum absolute atomic E-state index is 0.0899. The van der Waals surface area contributed by atoms with Gasteiger partial charge in [0.1, 0.15) is 11.6 Å². The molecule has 0 radical (unpaired) electrons. The molecular weight excluding hydrogens is 439 g/mol. The van der Waals surface area contributed by atoms with Crippen LogP contribution in [-0.4, -0.2) is 49.3 Å². The van der Waals surface area contributed by atoms with Gasteiger partial charge < -0.3 is 14.7 Å². The summed E-state index contributed by atoms with van der Waals surface area (Å²) in [5.41, 5.74) is 2.02. The number of nitrogens with zero attached hydrogens (tertiary/aromatic N) is 2. The minimum Gasteiger partial charge on any atom is -0.494 e. The molecule has 1 N–H and O–H groups in total. The Balaban J connectivity index is 1.47. The van der Waals surface area contributed by atoms with Crippen molar-refractivity contribution in [2.24, 2.45) is 0 Å². The highest BCUT2D eigenvalue weighted by Gasteiger charge is 2.36. The van der Waals surface area contributed by atoms with Gasteiger partial charge in [-0.05, 0) is 60.9 Å². The van der Waals surface area contributed by atoms with Crippen LogP contribution in [-0.2, 0) is 5.60 Å². The van der Waals surface area contributed by atoms with Crippen LogP contribution < -0.4 is 9.64 Å². The number of aliphatic hydroxyl groups is 1. The molecule has 35 heavy (non-hydrogen) atoms. The van der Waals surface area contributed by atoms with E-state index in [1.807, 2.05) is 61.5 Å². The fraction of sp³-hybridized carbons (Fsp3) is 0.400. The van der Waals surface area contributed by atoms with Crippen LogP contribution in [0.1, 0.15) is 43.7 Å². The van der Waals surface area contributed by atoms with Crippen molar-refractivity contribution >= 4 is 5.69 Å². The van der Waals surface area contributed by atoms with E-state index in [-0.39, 0.29) is 11.7 Å². The maximum absolute atomic E-state index is 13.3. The van der Waals surface area contributed by atoms with Gasteiger partial charge in [-0.25, -0.2) is 4.39 Å². The third-order valence-electron chi connectivity index (χ3n) is 7.09. The lowest BCUT2D eigenvalue weighted by molar-refractivity contribution is 0.0121. The van der Waals surface area contributed by atoms with Crippen molar-refractivity contribution in [1.82, 2.24) is 4.90 Å². The van der Waals surface area contributed by atoms with E-state index < -0.39 is 5.60 Å². The molecule has 1 aliphatic heterocycles. The van der Waals surface area contributed by atoms with Gasteiger partial charge in [0.25, 0.3) is 0 Å². The number of ether oxygens (including phenoxy) is 1. The Morgan fingerprint density at radius 2 is 1.57 bits per heavy atom. The summed E-state index contributed by atoms with van der Waals surface area (Å²) in [7, 11) is 0. The molecule has 1 fully saturated rings. The average molecular weight is 477 g/mol. The van der Waals surface area contributed by atoms with E-state index in [0.29, 0.717) is 6.61 Å². The summed E-state index contributed by atoms with van der Waals surface area (Å²) < 4.78 is 19.1. The van der Waals surface area contributed by atoms with Crippen LogP contribution in [0.4, 0.5) is 10.1 Å². The Bertz CT molecular complexity index is 1030. The molecule has 3 aromatic rings. The third-order valence-corrected chi connectivity index (χ3v) is 7.09. The Hall–Kier alpha value is -2.89. The first-order valence-electron chi connectivity index (χ1n) is 12.7. The molecule has 5 heteroatoms. The number of piperazine rings is 1. The van der Waals surface area contributed by atoms with Crippen molar-refractivity contribution in [2.75, 3.05) is 44.2 Å². The topological polar surface area (TPSA) is 35.9 Å². The minimum atomic E-state index is -1.04. The molecule has 0 aromatic heterocycles. The summed E-state index contributed by atoms with van der Waals surface area (Å²) in [5.74, 6) is 0.542. The Labute approximate surface area is 209 Å². The van der Waals surface area contributed by atoms with Crippen molar-refractivity contribution in [3.8, 4) is 5.75 Å². The molecule has 0 amide bonds. The predicted octanol–water partition coefficient (Wildman–Crippen LogP) is 5.82. The fourth-order valence-electron chi connectivity index (χ4n) is 4.82. The predicted molar refractivity (Wildman–Crippen MR) is 141 cm³/mol. The van der Waals surface area contributed by atoms with E-state index >= 15 is 0 Å². The zero-order valence-corrected chi connectivity index (χ0v) is 20.9. The largest absolute Gasteiger partial charge is 0.494 e. The Morgan fingerprint density at radius 3 is 2.20 bits per heavy atom. The van der Waals surface area contributed by atoms with Gasteiger partial charge in [-0.2, -0.15) is 0 Å². The molecule has 4 rings (SSSR count). The second-order valence-electron chi connectivity index (χ2n) is 9.60. The first kappa shape index (κ1) is 25.2. The van der Waals surface area contributed by atoms with Gasteiger partial charge in [-0.1, -0.05) is 55.8 Å². The molecule has 2 unspecified atom stereocenters.